The van der Waals surface area contributed by atoms with E-state index in [1.165, 1.54) is 14.7 Å². The highest BCUT2D eigenvalue weighted by atomic mass is 127. The zero-order chi connectivity index (χ0) is 14.7. The van der Waals surface area contributed by atoms with Crippen LogP contribution in [0.4, 0.5) is 0 Å². The highest BCUT2D eigenvalue weighted by Gasteiger charge is 2.08. The van der Waals surface area contributed by atoms with E-state index in [0.29, 0.717) is 0 Å². The van der Waals surface area contributed by atoms with Gasteiger partial charge in [0.1, 0.15) is 0 Å². The Kier molecular flexibility index (Phi) is 4.60. The molecule has 0 bridgehead atoms. The predicted octanol–water partition coefficient (Wildman–Crippen LogP) is 4.68. The third-order valence-electron chi connectivity index (χ3n) is 3.15. The van der Waals surface area contributed by atoms with Gasteiger partial charge in [-0.15, -0.1) is 5.10 Å². The van der Waals surface area contributed by atoms with Gasteiger partial charge in [-0.25, -0.2) is 4.98 Å². The van der Waals surface area contributed by atoms with Crippen LogP contribution in [0.5, 0.6) is 0 Å². The molecule has 3 nitrogen and oxygen atoms in total. The first kappa shape index (κ1) is 14.6. The van der Waals surface area contributed by atoms with Crippen molar-refractivity contribution in [2.75, 3.05) is 0 Å². The quantitative estimate of drug-likeness (QED) is 0.505. The number of aromatic amines is 1. The Morgan fingerprint density at radius 3 is 2.62 bits per heavy atom. The number of aromatic nitrogens is 3. The van der Waals surface area contributed by atoms with Crippen molar-refractivity contribution in [1.82, 2.24) is 15.2 Å². The molecule has 0 amide bonds. The molecule has 5 heteroatoms. The lowest BCUT2D eigenvalue weighted by atomic mass is 10.1. The molecule has 1 heterocycles. The van der Waals surface area contributed by atoms with Crippen molar-refractivity contribution >= 4 is 34.4 Å². The number of benzene rings is 2. The van der Waals surface area contributed by atoms with E-state index < -0.39 is 0 Å². The largest absolute Gasteiger partial charge is 0.258 e. The lowest BCUT2D eigenvalue weighted by Gasteiger charge is -2.00. The summed E-state index contributed by atoms with van der Waals surface area (Å²) in [6, 6.07) is 16.7. The summed E-state index contributed by atoms with van der Waals surface area (Å²) >= 11 is 3.96. The summed E-state index contributed by atoms with van der Waals surface area (Å²) < 4.78 is 1.25. The molecule has 0 fully saturated rings. The number of aryl methyl sites for hydroxylation is 1. The van der Waals surface area contributed by atoms with Crippen LogP contribution in [0.25, 0.3) is 11.4 Å². The summed E-state index contributed by atoms with van der Waals surface area (Å²) in [6.07, 6.45) is 0. The second kappa shape index (κ2) is 6.62. The van der Waals surface area contributed by atoms with E-state index in [2.05, 4.69) is 81.1 Å². The molecule has 1 N–H and O–H groups in total. The van der Waals surface area contributed by atoms with Crippen molar-refractivity contribution in [3.8, 4) is 11.4 Å². The average Bonchev–Trinajstić information content (AvgIpc) is 2.96. The monoisotopic (exact) mass is 407 g/mol. The van der Waals surface area contributed by atoms with Crippen molar-refractivity contribution in [3.63, 3.8) is 0 Å². The van der Waals surface area contributed by atoms with Gasteiger partial charge in [0.15, 0.2) is 5.82 Å². The van der Waals surface area contributed by atoms with Crippen molar-refractivity contribution in [3.05, 3.63) is 63.2 Å². The number of hydrogen-bond acceptors (Lipinski definition) is 3. The van der Waals surface area contributed by atoms with Crippen LogP contribution in [0, 0.1) is 10.5 Å². The molecule has 1 aromatic heterocycles. The summed E-state index contributed by atoms with van der Waals surface area (Å²) in [5, 5.41) is 8.10. The van der Waals surface area contributed by atoms with Gasteiger partial charge in [0.25, 0.3) is 0 Å². The van der Waals surface area contributed by atoms with E-state index in [1.807, 2.05) is 12.1 Å². The lowest BCUT2D eigenvalue weighted by Crippen LogP contribution is -1.85. The van der Waals surface area contributed by atoms with Gasteiger partial charge in [0, 0.05) is 14.9 Å². The van der Waals surface area contributed by atoms with Gasteiger partial charge in [-0.3, -0.25) is 5.10 Å². The van der Waals surface area contributed by atoms with Crippen molar-refractivity contribution in [1.29, 1.82) is 0 Å². The summed E-state index contributed by atoms with van der Waals surface area (Å²) in [4.78, 5) is 4.57. The Morgan fingerprint density at radius 2 is 1.86 bits per heavy atom. The molecule has 106 valence electrons. The van der Waals surface area contributed by atoms with Crippen LogP contribution >= 0.6 is 34.4 Å². The molecule has 0 spiro atoms. The van der Waals surface area contributed by atoms with Crippen LogP contribution in [-0.2, 0) is 5.75 Å². The fourth-order valence-electron chi connectivity index (χ4n) is 2.00. The van der Waals surface area contributed by atoms with Crippen LogP contribution in [0.1, 0.15) is 11.1 Å². The Morgan fingerprint density at radius 1 is 1.10 bits per heavy atom. The third-order valence-corrected chi connectivity index (χ3v) is 4.78. The summed E-state index contributed by atoms with van der Waals surface area (Å²) in [5.74, 6) is 1.71. The van der Waals surface area contributed by atoms with Crippen LogP contribution in [-0.4, -0.2) is 15.2 Å². The number of nitrogens with zero attached hydrogens (tertiary/aromatic N) is 2. The number of H-pyrrole nitrogens is 1. The van der Waals surface area contributed by atoms with Gasteiger partial charge in [-0.1, -0.05) is 48.2 Å². The molecule has 0 radical (unpaired) electrons. The molecule has 2 aromatic carbocycles. The zero-order valence-electron chi connectivity index (χ0n) is 11.5. The minimum Gasteiger partial charge on any atom is -0.258 e. The summed E-state index contributed by atoms with van der Waals surface area (Å²) in [6.45, 7) is 2.08. The standard InChI is InChI=1S/C16H14IN3S/c1-11-4-2-3-5-14(11)15-18-16(20-19-15)21-10-12-6-8-13(17)9-7-12/h2-9H,10H2,1H3,(H,18,19,20). The first-order chi connectivity index (χ1) is 10.2. The van der Waals surface area contributed by atoms with Gasteiger partial charge in [0.05, 0.1) is 0 Å². The molecule has 0 aliphatic rings. The number of halogens is 1. The summed E-state index contributed by atoms with van der Waals surface area (Å²) in [5.41, 5.74) is 3.58. The first-order valence-electron chi connectivity index (χ1n) is 6.58. The lowest BCUT2D eigenvalue weighted by molar-refractivity contribution is 0.973. The minimum atomic E-state index is 0.784. The minimum absolute atomic E-state index is 0.784. The molecule has 3 aromatic rings. The van der Waals surface area contributed by atoms with Gasteiger partial charge in [-0.05, 0) is 52.8 Å². The fourth-order valence-corrected chi connectivity index (χ4v) is 3.11. The van der Waals surface area contributed by atoms with E-state index in [0.717, 1.165) is 22.3 Å². The normalized spacial score (nSPS) is 10.8. The molecule has 3 rings (SSSR count). The van der Waals surface area contributed by atoms with E-state index in [4.69, 9.17) is 0 Å². The van der Waals surface area contributed by atoms with Crippen molar-refractivity contribution < 1.29 is 0 Å². The summed E-state index contributed by atoms with van der Waals surface area (Å²) in [7, 11) is 0. The van der Waals surface area contributed by atoms with Crippen LogP contribution < -0.4 is 0 Å². The van der Waals surface area contributed by atoms with E-state index >= 15 is 0 Å². The number of rotatable bonds is 4. The Labute approximate surface area is 141 Å². The van der Waals surface area contributed by atoms with E-state index in [-0.39, 0.29) is 0 Å². The van der Waals surface area contributed by atoms with Gasteiger partial charge in [0.2, 0.25) is 5.16 Å². The Bertz CT molecular complexity index is 737. The molecule has 0 aliphatic carbocycles. The fraction of sp³-hybridized carbons (Fsp3) is 0.125. The maximum atomic E-state index is 4.57. The number of nitrogens with one attached hydrogen (secondary N) is 1. The Hall–Kier alpha value is -1.34. The highest BCUT2D eigenvalue weighted by molar-refractivity contribution is 14.1. The second-order valence-electron chi connectivity index (χ2n) is 4.70. The van der Waals surface area contributed by atoms with Crippen LogP contribution in [0.2, 0.25) is 0 Å². The van der Waals surface area contributed by atoms with Gasteiger partial charge < -0.3 is 0 Å². The maximum absolute atomic E-state index is 4.57. The number of thioether (sulfide) groups is 1. The molecule has 0 saturated heterocycles. The molecule has 0 unspecified atom stereocenters. The predicted molar refractivity (Wildman–Crippen MR) is 95.3 cm³/mol. The van der Waals surface area contributed by atoms with Crippen LogP contribution in [0.3, 0.4) is 0 Å². The molecule has 21 heavy (non-hydrogen) atoms. The average molecular weight is 407 g/mol. The van der Waals surface area contributed by atoms with Gasteiger partial charge in [-0.2, -0.15) is 0 Å². The topological polar surface area (TPSA) is 41.6 Å². The van der Waals surface area contributed by atoms with E-state index in [1.54, 1.807) is 11.8 Å². The SMILES string of the molecule is Cc1ccccc1-c1nc(SCc2ccc(I)cc2)n[nH]1. The molecule has 0 saturated carbocycles. The number of hydrogen-bond donors (Lipinski definition) is 1. The van der Waals surface area contributed by atoms with Crippen molar-refractivity contribution in [2.24, 2.45) is 0 Å². The van der Waals surface area contributed by atoms with Crippen LogP contribution in [0.15, 0.2) is 53.7 Å². The zero-order valence-corrected chi connectivity index (χ0v) is 14.5. The first-order valence-corrected chi connectivity index (χ1v) is 8.64. The van der Waals surface area contributed by atoms with Gasteiger partial charge >= 0.3 is 0 Å². The smallest absolute Gasteiger partial charge is 0.209 e. The third kappa shape index (κ3) is 3.65. The highest BCUT2D eigenvalue weighted by Crippen LogP contribution is 2.24. The van der Waals surface area contributed by atoms with Crippen molar-refractivity contribution in [2.45, 2.75) is 17.8 Å². The Balaban J connectivity index is 1.71. The molecular formula is C16H14IN3S. The maximum Gasteiger partial charge on any atom is 0.209 e. The molecular weight excluding hydrogens is 393 g/mol. The molecule has 0 aliphatic heterocycles. The molecule has 0 atom stereocenters. The second-order valence-corrected chi connectivity index (χ2v) is 6.88. The van der Waals surface area contributed by atoms with E-state index in [9.17, 15) is 0 Å².